The van der Waals surface area contributed by atoms with Gasteiger partial charge in [0.05, 0.1) is 6.61 Å². The van der Waals surface area contributed by atoms with E-state index in [9.17, 15) is 0 Å². The first-order valence-electron chi connectivity index (χ1n) is 5.37. The topological polar surface area (TPSA) is 12.5 Å². The van der Waals surface area contributed by atoms with Crippen molar-refractivity contribution in [3.8, 4) is 0 Å². The van der Waals surface area contributed by atoms with Crippen LogP contribution < -0.4 is 0 Å². The Balaban J connectivity index is 3.83. The average Bonchev–Trinajstić information content (AvgIpc) is 2.13. The molecule has 0 N–H and O–H groups in total. The fourth-order valence-electron chi connectivity index (χ4n) is 1.48. The van der Waals surface area contributed by atoms with Crippen LogP contribution in [0.1, 0.15) is 20.8 Å². The number of nitrogens with zero attached hydrogens (tertiary/aromatic N) is 1. The summed E-state index contributed by atoms with van der Waals surface area (Å²) >= 11 is 3.52. The Hall–Kier alpha value is 0.400. The van der Waals surface area contributed by atoms with Crippen LogP contribution in [0.4, 0.5) is 0 Å². The van der Waals surface area contributed by atoms with Gasteiger partial charge < -0.3 is 9.64 Å². The molecule has 1 atom stereocenters. The molecule has 0 amide bonds. The summed E-state index contributed by atoms with van der Waals surface area (Å²) in [5.41, 5.74) is 0. The molecule has 0 heterocycles. The van der Waals surface area contributed by atoms with Gasteiger partial charge in [0, 0.05) is 32.1 Å². The largest absolute Gasteiger partial charge is 0.383 e. The molecule has 0 aliphatic rings. The van der Waals surface area contributed by atoms with Crippen molar-refractivity contribution in [3.05, 3.63) is 0 Å². The third-order valence-corrected chi connectivity index (χ3v) is 3.17. The van der Waals surface area contributed by atoms with Crippen LogP contribution in [-0.2, 0) is 4.74 Å². The Morgan fingerprint density at radius 2 is 1.86 bits per heavy atom. The van der Waals surface area contributed by atoms with Crippen LogP contribution >= 0.6 is 15.9 Å². The van der Waals surface area contributed by atoms with Crippen molar-refractivity contribution in [3.63, 3.8) is 0 Å². The van der Waals surface area contributed by atoms with Crippen LogP contribution in [0.5, 0.6) is 0 Å². The molecule has 0 radical (unpaired) electrons. The second-order valence-corrected chi connectivity index (χ2v) is 5.05. The monoisotopic (exact) mass is 265 g/mol. The van der Waals surface area contributed by atoms with Gasteiger partial charge in [-0.3, -0.25) is 0 Å². The quantitative estimate of drug-likeness (QED) is 0.626. The first-order valence-corrected chi connectivity index (χ1v) is 6.49. The van der Waals surface area contributed by atoms with E-state index in [4.69, 9.17) is 4.74 Å². The van der Waals surface area contributed by atoms with E-state index in [1.807, 2.05) is 0 Å². The van der Waals surface area contributed by atoms with Crippen molar-refractivity contribution in [2.75, 3.05) is 38.7 Å². The van der Waals surface area contributed by atoms with E-state index in [0.29, 0.717) is 5.92 Å². The Morgan fingerprint density at radius 1 is 1.21 bits per heavy atom. The zero-order chi connectivity index (χ0) is 11.0. The summed E-state index contributed by atoms with van der Waals surface area (Å²) in [6, 6.07) is 0. The maximum absolute atomic E-state index is 5.12. The average molecular weight is 266 g/mol. The molecule has 0 saturated carbocycles. The third kappa shape index (κ3) is 7.77. The zero-order valence-electron chi connectivity index (χ0n) is 9.92. The van der Waals surface area contributed by atoms with Gasteiger partial charge in [0.2, 0.25) is 0 Å². The summed E-state index contributed by atoms with van der Waals surface area (Å²) in [5.74, 6) is 1.44. The summed E-state index contributed by atoms with van der Waals surface area (Å²) in [4.78, 5) is 2.49. The van der Waals surface area contributed by atoms with Crippen molar-refractivity contribution in [2.24, 2.45) is 11.8 Å². The van der Waals surface area contributed by atoms with Crippen LogP contribution in [0.3, 0.4) is 0 Å². The summed E-state index contributed by atoms with van der Waals surface area (Å²) in [6.07, 6.45) is 0. The smallest absolute Gasteiger partial charge is 0.0589 e. The Kier molecular flexibility index (Phi) is 8.94. The molecule has 0 aromatic rings. The van der Waals surface area contributed by atoms with Crippen LogP contribution in [0, 0.1) is 11.8 Å². The molecule has 0 fully saturated rings. The van der Waals surface area contributed by atoms with Crippen LogP contribution in [0.25, 0.3) is 0 Å². The molecular formula is C11H24BrNO. The van der Waals surface area contributed by atoms with Crippen molar-refractivity contribution < 1.29 is 4.74 Å². The van der Waals surface area contributed by atoms with E-state index in [2.05, 4.69) is 41.6 Å². The SMILES string of the molecule is COCCN(CC(C)C)CC(C)CBr. The van der Waals surface area contributed by atoms with Crippen LogP contribution in [0.15, 0.2) is 0 Å². The van der Waals surface area contributed by atoms with Gasteiger partial charge >= 0.3 is 0 Å². The van der Waals surface area contributed by atoms with Gasteiger partial charge in [-0.15, -0.1) is 0 Å². The highest BCUT2D eigenvalue weighted by Crippen LogP contribution is 2.06. The number of halogens is 1. The second kappa shape index (κ2) is 8.69. The predicted octanol–water partition coefficient (Wildman–Crippen LogP) is 2.62. The lowest BCUT2D eigenvalue weighted by Gasteiger charge is -2.26. The number of methoxy groups -OCH3 is 1. The summed E-state index contributed by atoms with van der Waals surface area (Å²) in [5, 5.41) is 1.08. The van der Waals surface area contributed by atoms with Crippen molar-refractivity contribution in [1.29, 1.82) is 0 Å². The molecule has 14 heavy (non-hydrogen) atoms. The predicted molar refractivity (Wildman–Crippen MR) is 66.1 cm³/mol. The minimum Gasteiger partial charge on any atom is -0.383 e. The number of rotatable bonds is 8. The normalized spacial score (nSPS) is 13.9. The van der Waals surface area contributed by atoms with Gasteiger partial charge in [0.15, 0.2) is 0 Å². The molecule has 0 aromatic heterocycles. The molecule has 0 aromatic carbocycles. The number of alkyl halides is 1. The van der Waals surface area contributed by atoms with E-state index >= 15 is 0 Å². The second-order valence-electron chi connectivity index (χ2n) is 4.41. The number of hydrogen-bond acceptors (Lipinski definition) is 2. The first kappa shape index (κ1) is 14.4. The minimum absolute atomic E-state index is 0.714. The highest BCUT2D eigenvalue weighted by Gasteiger charge is 2.10. The summed E-state index contributed by atoms with van der Waals surface area (Å²) in [6.45, 7) is 11.0. The Bertz CT molecular complexity index is 130. The molecule has 3 heteroatoms. The third-order valence-electron chi connectivity index (χ3n) is 2.07. The fourth-order valence-corrected chi connectivity index (χ4v) is 1.69. The van der Waals surface area contributed by atoms with Crippen molar-refractivity contribution >= 4 is 15.9 Å². The minimum atomic E-state index is 0.714. The molecule has 0 saturated heterocycles. The number of hydrogen-bond donors (Lipinski definition) is 0. The lowest BCUT2D eigenvalue weighted by Crippen LogP contribution is -2.35. The van der Waals surface area contributed by atoms with Gasteiger partial charge in [-0.25, -0.2) is 0 Å². The zero-order valence-corrected chi connectivity index (χ0v) is 11.5. The lowest BCUT2D eigenvalue weighted by atomic mass is 10.1. The van der Waals surface area contributed by atoms with Crippen molar-refractivity contribution in [2.45, 2.75) is 20.8 Å². The molecule has 1 unspecified atom stereocenters. The van der Waals surface area contributed by atoms with Crippen molar-refractivity contribution in [1.82, 2.24) is 4.90 Å². The fraction of sp³-hybridized carbons (Fsp3) is 1.00. The van der Waals surface area contributed by atoms with E-state index in [-0.39, 0.29) is 0 Å². The maximum Gasteiger partial charge on any atom is 0.0589 e. The Morgan fingerprint density at radius 3 is 2.29 bits per heavy atom. The molecule has 0 rings (SSSR count). The molecule has 0 aliphatic heterocycles. The number of ether oxygens (including phenoxy) is 1. The van der Waals surface area contributed by atoms with Gasteiger partial charge in [-0.1, -0.05) is 36.7 Å². The molecule has 0 spiro atoms. The molecular weight excluding hydrogens is 242 g/mol. The van der Waals surface area contributed by atoms with E-state index in [1.54, 1.807) is 7.11 Å². The maximum atomic E-state index is 5.12. The Labute approximate surface area is 97.1 Å². The molecule has 86 valence electrons. The summed E-state index contributed by atoms with van der Waals surface area (Å²) < 4.78 is 5.12. The first-order chi connectivity index (χ1) is 6.60. The molecule has 0 aliphatic carbocycles. The lowest BCUT2D eigenvalue weighted by molar-refractivity contribution is 0.132. The van der Waals surface area contributed by atoms with Gasteiger partial charge in [-0.05, 0) is 11.8 Å². The highest BCUT2D eigenvalue weighted by molar-refractivity contribution is 9.09. The summed E-state index contributed by atoms with van der Waals surface area (Å²) in [7, 11) is 1.77. The van der Waals surface area contributed by atoms with E-state index in [0.717, 1.165) is 30.9 Å². The van der Waals surface area contributed by atoms with E-state index < -0.39 is 0 Å². The van der Waals surface area contributed by atoms with E-state index in [1.165, 1.54) is 6.54 Å². The molecule has 0 bridgehead atoms. The van der Waals surface area contributed by atoms with Gasteiger partial charge in [-0.2, -0.15) is 0 Å². The van der Waals surface area contributed by atoms with Gasteiger partial charge in [0.1, 0.15) is 0 Å². The van der Waals surface area contributed by atoms with Gasteiger partial charge in [0.25, 0.3) is 0 Å². The standard InChI is InChI=1S/C11H24BrNO/c1-10(2)8-13(5-6-14-4)9-11(3)7-12/h10-11H,5-9H2,1-4H3. The van der Waals surface area contributed by atoms with Crippen LogP contribution in [0.2, 0.25) is 0 Å². The molecule has 2 nitrogen and oxygen atoms in total. The highest BCUT2D eigenvalue weighted by atomic mass is 79.9. The van der Waals surface area contributed by atoms with Crippen LogP contribution in [-0.4, -0.2) is 43.6 Å².